The monoisotopic (exact) mass is 534 g/mol. The van der Waals surface area contributed by atoms with Gasteiger partial charge in [-0.25, -0.2) is 15.2 Å². The Balaban J connectivity index is 1.31. The van der Waals surface area contributed by atoms with Crippen LogP contribution >= 0.6 is 0 Å². The highest BCUT2D eigenvalue weighted by molar-refractivity contribution is 5.97. The minimum absolute atomic E-state index is 0.114. The van der Waals surface area contributed by atoms with Gasteiger partial charge in [0.1, 0.15) is 0 Å². The molecule has 2 aliphatic heterocycles. The van der Waals surface area contributed by atoms with Gasteiger partial charge in [-0.2, -0.15) is 0 Å². The molecule has 2 heterocycles. The molecule has 9 nitrogen and oxygen atoms in total. The molecule has 1 saturated carbocycles. The van der Waals surface area contributed by atoms with Crippen molar-refractivity contribution in [3.05, 3.63) is 65.9 Å². The molecular formula is C30H38N4O5. The third-order valence-electron chi connectivity index (χ3n) is 7.96. The predicted molar refractivity (Wildman–Crippen MR) is 149 cm³/mol. The summed E-state index contributed by atoms with van der Waals surface area (Å²) in [5, 5.41) is 11.5. The van der Waals surface area contributed by atoms with Crippen molar-refractivity contribution in [2.45, 2.75) is 63.1 Å². The Kier molecular flexibility index (Phi) is 8.38. The number of rotatable bonds is 7. The molecule has 0 bridgehead atoms. The molecule has 0 aromatic heterocycles. The van der Waals surface area contributed by atoms with Crippen LogP contribution in [0.2, 0.25) is 0 Å². The molecule has 1 atom stereocenters. The zero-order chi connectivity index (χ0) is 27.4. The maximum absolute atomic E-state index is 13.5. The molecule has 2 amide bonds. The summed E-state index contributed by atoms with van der Waals surface area (Å²) in [4.78, 5) is 29.4. The Labute approximate surface area is 229 Å². The van der Waals surface area contributed by atoms with E-state index in [0.717, 1.165) is 50.1 Å². The highest BCUT2D eigenvalue weighted by atomic mass is 16.5. The zero-order valence-corrected chi connectivity index (χ0v) is 22.7. The number of hydrogen-bond donors (Lipinski definition) is 2. The summed E-state index contributed by atoms with van der Waals surface area (Å²) in [6.45, 7) is 1.69. The molecule has 0 spiro atoms. The molecule has 1 saturated heterocycles. The predicted octanol–water partition coefficient (Wildman–Crippen LogP) is 5.20. The zero-order valence-electron chi connectivity index (χ0n) is 22.7. The van der Waals surface area contributed by atoms with Crippen molar-refractivity contribution < 1.29 is 24.2 Å². The lowest BCUT2D eigenvalue weighted by Gasteiger charge is -2.36. The van der Waals surface area contributed by atoms with E-state index in [2.05, 4.69) is 10.3 Å². The van der Waals surface area contributed by atoms with Gasteiger partial charge < -0.3 is 19.5 Å². The maximum Gasteiger partial charge on any atom is 0.412 e. The number of benzene rings is 2. The van der Waals surface area contributed by atoms with Gasteiger partial charge in [-0.3, -0.25) is 9.69 Å². The van der Waals surface area contributed by atoms with Crippen LogP contribution < -0.4 is 19.8 Å². The van der Waals surface area contributed by atoms with Crippen molar-refractivity contribution in [2.75, 3.05) is 32.1 Å². The Morgan fingerprint density at radius 2 is 1.79 bits per heavy atom. The first-order valence-electron chi connectivity index (χ1n) is 13.8. The number of ether oxygens (including phenoxy) is 2. The molecule has 2 fully saturated rings. The number of likely N-dealkylation sites (tertiary alicyclic amines) is 1. The van der Waals surface area contributed by atoms with E-state index in [-0.39, 0.29) is 24.1 Å². The summed E-state index contributed by atoms with van der Waals surface area (Å²) in [6, 6.07) is 12.6. The van der Waals surface area contributed by atoms with E-state index >= 15 is 0 Å². The standard InChI is InChI=1S/C30H38N4O5/c1-32-17-14-23(15-18-32)34(30(36)37)24-8-5-7-22(19-24)29(35)33-16-6-11-26(31-33)21-12-13-27(38-2)28(20-21)39-25-9-3-4-10-25/h5-8,12-13,16,19-20,23,25-26,31H,3-4,9-11,14-15,17-18H2,1-2H3,(H,36,37). The van der Waals surface area contributed by atoms with Crippen molar-refractivity contribution in [3.63, 3.8) is 0 Å². The number of carbonyl (C=O) groups excluding carboxylic acids is 1. The molecule has 0 radical (unpaired) electrons. The number of carboxylic acid groups (broad SMARTS) is 1. The van der Waals surface area contributed by atoms with Crippen LogP contribution in [0.5, 0.6) is 11.5 Å². The van der Waals surface area contributed by atoms with E-state index in [9.17, 15) is 14.7 Å². The number of carbonyl (C=O) groups is 2. The molecular weight excluding hydrogens is 496 g/mol. The molecule has 9 heteroatoms. The molecule has 5 rings (SSSR count). The fourth-order valence-corrected chi connectivity index (χ4v) is 5.75. The number of methoxy groups -OCH3 is 1. The van der Waals surface area contributed by atoms with E-state index in [1.54, 1.807) is 37.6 Å². The fraction of sp³-hybridized carbons (Fsp3) is 0.467. The average Bonchev–Trinajstić information content (AvgIpc) is 3.47. The Bertz CT molecular complexity index is 1200. The van der Waals surface area contributed by atoms with Gasteiger partial charge in [-0.15, -0.1) is 0 Å². The summed E-state index contributed by atoms with van der Waals surface area (Å²) in [5.41, 5.74) is 5.27. The Morgan fingerprint density at radius 1 is 1.03 bits per heavy atom. The van der Waals surface area contributed by atoms with Gasteiger partial charge in [0.25, 0.3) is 5.91 Å². The van der Waals surface area contributed by atoms with Crippen molar-refractivity contribution in [3.8, 4) is 11.5 Å². The first kappa shape index (κ1) is 27.0. The van der Waals surface area contributed by atoms with Gasteiger partial charge in [-0.05, 0) is 101 Å². The highest BCUT2D eigenvalue weighted by Crippen LogP contribution is 2.35. The summed E-state index contributed by atoms with van der Waals surface area (Å²) in [7, 11) is 3.69. The second-order valence-electron chi connectivity index (χ2n) is 10.6. The number of nitrogens with zero attached hydrogens (tertiary/aromatic N) is 3. The Morgan fingerprint density at radius 3 is 2.51 bits per heavy atom. The number of hydrazine groups is 1. The van der Waals surface area contributed by atoms with E-state index in [0.29, 0.717) is 23.4 Å². The topological polar surface area (TPSA) is 94.6 Å². The minimum Gasteiger partial charge on any atom is -0.493 e. The van der Waals surface area contributed by atoms with Crippen LogP contribution in [0.1, 0.15) is 66.9 Å². The van der Waals surface area contributed by atoms with Gasteiger partial charge in [0, 0.05) is 23.5 Å². The minimum atomic E-state index is -1.000. The third-order valence-corrected chi connectivity index (χ3v) is 7.96. The highest BCUT2D eigenvalue weighted by Gasteiger charge is 2.29. The van der Waals surface area contributed by atoms with E-state index < -0.39 is 6.09 Å². The SMILES string of the molecule is COc1ccc(C2CC=CN(C(=O)c3cccc(N(C(=O)O)C4CCN(C)CC4)c3)N2)cc1OC1CCCC1. The van der Waals surface area contributed by atoms with Gasteiger partial charge >= 0.3 is 6.09 Å². The molecule has 208 valence electrons. The van der Waals surface area contributed by atoms with Crippen molar-refractivity contribution in [2.24, 2.45) is 0 Å². The first-order valence-corrected chi connectivity index (χ1v) is 13.8. The number of nitrogens with one attached hydrogen (secondary N) is 1. The number of piperidine rings is 1. The molecule has 1 unspecified atom stereocenters. The number of anilines is 1. The van der Waals surface area contributed by atoms with Gasteiger partial charge in [0.15, 0.2) is 11.5 Å². The lowest BCUT2D eigenvalue weighted by atomic mass is 10.0. The molecule has 1 aliphatic carbocycles. The lowest BCUT2D eigenvalue weighted by molar-refractivity contribution is 0.0713. The first-order chi connectivity index (χ1) is 18.9. The fourth-order valence-electron chi connectivity index (χ4n) is 5.75. The van der Waals surface area contributed by atoms with Crippen LogP contribution in [0, 0.1) is 0 Å². The lowest BCUT2D eigenvalue weighted by Crippen LogP contribution is -2.46. The molecule has 39 heavy (non-hydrogen) atoms. The summed E-state index contributed by atoms with van der Waals surface area (Å²) in [5.74, 6) is 1.18. The summed E-state index contributed by atoms with van der Waals surface area (Å²) in [6.07, 6.45) is 9.60. The molecule has 2 N–H and O–H groups in total. The van der Waals surface area contributed by atoms with Crippen molar-refractivity contribution in [1.82, 2.24) is 15.3 Å². The van der Waals surface area contributed by atoms with Crippen LogP contribution in [0.4, 0.5) is 10.5 Å². The van der Waals surface area contributed by atoms with E-state index in [1.165, 1.54) is 22.8 Å². The largest absolute Gasteiger partial charge is 0.493 e. The number of hydrogen-bond acceptors (Lipinski definition) is 6. The summed E-state index contributed by atoms with van der Waals surface area (Å²) < 4.78 is 11.8. The smallest absolute Gasteiger partial charge is 0.412 e. The van der Waals surface area contributed by atoms with Crippen LogP contribution in [0.15, 0.2) is 54.7 Å². The van der Waals surface area contributed by atoms with E-state index in [1.807, 2.05) is 31.3 Å². The normalized spacial score (nSPS) is 20.7. The van der Waals surface area contributed by atoms with Crippen LogP contribution in [-0.4, -0.2) is 66.4 Å². The molecule has 2 aromatic rings. The van der Waals surface area contributed by atoms with Gasteiger partial charge in [0.2, 0.25) is 0 Å². The van der Waals surface area contributed by atoms with Crippen LogP contribution in [0.3, 0.4) is 0 Å². The quantitative estimate of drug-likeness (QED) is 0.504. The van der Waals surface area contributed by atoms with Crippen molar-refractivity contribution in [1.29, 1.82) is 0 Å². The Hall–Kier alpha value is -3.56. The van der Waals surface area contributed by atoms with Gasteiger partial charge in [0.05, 0.1) is 19.3 Å². The number of amides is 2. The third kappa shape index (κ3) is 6.20. The van der Waals surface area contributed by atoms with Crippen molar-refractivity contribution >= 4 is 17.7 Å². The second kappa shape index (κ2) is 12.1. The van der Waals surface area contributed by atoms with E-state index in [4.69, 9.17) is 9.47 Å². The van der Waals surface area contributed by atoms with Crippen LogP contribution in [-0.2, 0) is 0 Å². The molecule has 3 aliphatic rings. The van der Waals surface area contributed by atoms with Crippen LogP contribution in [0.25, 0.3) is 0 Å². The second-order valence-corrected chi connectivity index (χ2v) is 10.6. The average molecular weight is 535 g/mol. The maximum atomic E-state index is 13.5. The summed E-state index contributed by atoms with van der Waals surface area (Å²) >= 11 is 0. The van der Waals surface area contributed by atoms with Gasteiger partial charge in [-0.1, -0.05) is 18.2 Å². The molecule has 2 aromatic carbocycles.